The van der Waals surface area contributed by atoms with Gasteiger partial charge in [-0.2, -0.15) is 0 Å². The predicted molar refractivity (Wildman–Crippen MR) is 95.4 cm³/mol. The van der Waals surface area contributed by atoms with E-state index < -0.39 is 5.60 Å². The van der Waals surface area contributed by atoms with Crippen molar-refractivity contribution in [2.75, 3.05) is 6.54 Å². The Bertz CT molecular complexity index is 738. The average molecular weight is 340 g/mol. The molecule has 132 valence electrons. The van der Waals surface area contributed by atoms with Crippen molar-refractivity contribution in [1.82, 2.24) is 9.88 Å². The Morgan fingerprint density at radius 3 is 2.80 bits per heavy atom. The minimum atomic E-state index is -0.471. The summed E-state index contributed by atoms with van der Waals surface area (Å²) >= 11 is 0. The van der Waals surface area contributed by atoms with Crippen molar-refractivity contribution in [2.24, 2.45) is 0 Å². The number of hydrogen-bond acceptors (Lipinski definition) is 4. The minimum Gasteiger partial charge on any atom is -0.489 e. The van der Waals surface area contributed by atoms with Crippen LogP contribution in [-0.4, -0.2) is 28.1 Å². The molecule has 2 aromatic rings. The largest absolute Gasteiger partial charge is 0.489 e. The summed E-state index contributed by atoms with van der Waals surface area (Å²) in [6.07, 6.45) is 4.10. The maximum absolute atomic E-state index is 12.2. The molecule has 0 saturated carbocycles. The number of carbonyl (C=O) groups excluding carboxylic acids is 1. The average Bonchev–Trinajstić information content (AvgIpc) is 2.59. The highest BCUT2D eigenvalue weighted by molar-refractivity contribution is 5.68. The van der Waals surface area contributed by atoms with Gasteiger partial charge in [-0.3, -0.25) is 4.98 Å². The van der Waals surface area contributed by atoms with Crippen LogP contribution in [0.2, 0.25) is 0 Å². The molecule has 1 aliphatic heterocycles. The first-order chi connectivity index (χ1) is 11.9. The number of carbonyl (C=O) groups is 1. The van der Waals surface area contributed by atoms with Crippen LogP contribution in [0.4, 0.5) is 4.79 Å². The van der Waals surface area contributed by atoms with Gasteiger partial charge in [-0.05, 0) is 56.5 Å². The Morgan fingerprint density at radius 2 is 2.08 bits per heavy atom. The summed E-state index contributed by atoms with van der Waals surface area (Å²) < 4.78 is 11.3. The zero-order valence-electron chi connectivity index (χ0n) is 15.0. The minimum absolute atomic E-state index is 0.255. The van der Waals surface area contributed by atoms with E-state index in [-0.39, 0.29) is 6.09 Å². The summed E-state index contributed by atoms with van der Waals surface area (Å²) in [6.45, 7) is 7.38. The van der Waals surface area contributed by atoms with E-state index in [0.29, 0.717) is 19.7 Å². The van der Waals surface area contributed by atoms with E-state index >= 15 is 0 Å². The Morgan fingerprint density at radius 1 is 1.24 bits per heavy atom. The second kappa shape index (κ2) is 7.13. The number of benzene rings is 1. The van der Waals surface area contributed by atoms with Crippen molar-refractivity contribution in [2.45, 2.75) is 45.9 Å². The van der Waals surface area contributed by atoms with E-state index in [1.165, 1.54) is 5.56 Å². The van der Waals surface area contributed by atoms with Crippen LogP contribution in [0, 0.1) is 0 Å². The number of nitrogens with zero attached hydrogens (tertiary/aromatic N) is 2. The van der Waals surface area contributed by atoms with E-state index in [1.54, 1.807) is 17.3 Å². The van der Waals surface area contributed by atoms with Gasteiger partial charge in [0.1, 0.15) is 18.0 Å². The molecule has 3 rings (SSSR count). The zero-order valence-corrected chi connectivity index (χ0v) is 15.0. The number of aromatic nitrogens is 1. The van der Waals surface area contributed by atoms with Crippen molar-refractivity contribution in [3.05, 3.63) is 59.4 Å². The summed E-state index contributed by atoms with van der Waals surface area (Å²) in [4.78, 5) is 18.1. The van der Waals surface area contributed by atoms with Gasteiger partial charge in [0.05, 0.1) is 0 Å². The molecule has 0 radical (unpaired) electrons. The molecule has 5 heteroatoms. The van der Waals surface area contributed by atoms with Gasteiger partial charge in [0.2, 0.25) is 0 Å². The number of pyridine rings is 1. The second-order valence-electron chi connectivity index (χ2n) is 7.23. The summed E-state index contributed by atoms with van der Waals surface area (Å²) in [5, 5.41) is 0. The molecule has 0 N–H and O–H groups in total. The number of hydrogen-bond donors (Lipinski definition) is 0. The monoisotopic (exact) mass is 340 g/mol. The lowest BCUT2D eigenvalue weighted by Crippen LogP contribution is -2.39. The molecule has 1 aromatic carbocycles. The lowest BCUT2D eigenvalue weighted by Gasteiger charge is -2.31. The van der Waals surface area contributed by atoms with Crippen LogP contribution in [0.5, 0.6) is 5.75 Å². The van der Waals surface area contributed by atoms with Crippen molar-refractivity contribution in [1.29, 1.82) is 0 Å². The maximum Gasteiger partial charge on any atom is 0.410 e. The second-order valence-corrected chi connectivity index (χ2v) is 7.23. The van der Waals surface area contributed by atoms with Crippen molar-refractivity contribution in [3.8, 4) is 5.75 Å². The first-order valence-corrected chi connectivity index (χ1v) is 8.52. The Labute approximate surface area is 148 Å². The first kappa shape index (κ1) is 17.3. The Balaban J connectivity index is 1.62. The van der Waals surface area contributed by atoms with Crippen molar-refractivity contribution >= 4 is 6.09 Å². The normalized spacial score (nSPS) is 14.0. The highest BCUT2D eigenvalue weighted by Gasteiger charge is 2.25. The van der Waals surface area contributed by atoms with Crippen LogP contribution in [0.3, 0.4) is 0 Å². The van der Waals surface area contributed by atoms with Gasteiger partial charge in [0, 0.05) is 31.0 Å². The van der Waals surface area contributed by atoms with Gasteiger partial charge >= 0.3 is 6.09 Å². The Kier molecular flexibility index (Phi) is 4.93. The number of rotatable bonds is 3. The molecule has 1 aromatic heterocycles. The Hall–Kier alpha value is -2.56. The SMILES string of the molecule is CC(C)(C)OC(=O)N1CCc2cc(OCc3cccnc3)ccc2C1. The van der Waals surface area contributed by atoms with E-state index in [4.69, 9.17) is 9.47 Å². The fourth-order valence-electron chi connectivity index (χ4n) is 2.75. The third-order valence-electron chi connectivity index (χ3n) is 3.97. The van der Waals surface area contributed by atoms with E-state index in [9.17, 15) is 4.79 Å². The van der Waals surface area contributed by atoms with Gasteiger partial charge < -0.3 is 14.4 Å². The molecule has 0 fully saturated rings. The van der Waals surface area contributed by atoms with E-state index in [2.05, 4.69) is 11.1 Å². The van der Waals surface area contributed by atoms with Gasteiger partial charge in [-0.1, -0.05) is 12.1 Å². The van der Waals surface area contributed by atoms with Crippen LogP contribution >= 0.6 is 0 Å². The van der Waals surface area contributed by atoms with Crippen LogP contribution in [0.1, 0.15) is 37.5 Å². The van der Waals surface area contributed by atoms with E-state index in [0.717, 1.165) is 23.3 Å². The van der Waals surface area contributed by atoms with Gasteiger partial charge in [-0.15, -0.1) is 0 Å². The molecule has 1 amide bonds. The lowest BCUT2D eigenvalue weighted by molar-refractivity contribution is 0.0224. The number of ether oxygens (including phenoxy) is 2. The summed E-state index contributed by atoms with van der Waals surface area (Å²) in [5.74, 6) is 0.841. The number of fused-ring (bicyclic) bond motifs is 1. The molecule has 0 unspecified atom stereocenters. The molecular weight excluding hydrogens is 316 g/mol. The molecule has 2 heterocycles. The molecule has 0 spiro atoms. The molecule has 0 saturated heterocycles. The first-order valence-electron chi connectivity index (χ1n) is 8.52. The molecule has 5 nitrogen and oxygen atoms in total. The third-order valence-corrected chi connectivity index (χ3v) is 3.97. The highest BCUT2D eigenvalue weighted by atomic mass is 16.6. The fraction of sp³-hybridized carbons (Fsp3) is 0.400. The van der Waals surface area contributed by atoms with Crippen molar-refractivity contribution < 1.29 is 14.3 Å². The van der Waals surface area contributed by atoms with Crippen LogP contribution in [-0.2, 0) is 24.3 Å². The van der Waals surface area contributed by atoms with Crippen LogP contribution in [0.15, 0.2) is 42.7 Å². The lowest BCUT2D eigenvalue weighted by atomic mass is 10.00. The molecule has 25 heavy (non-hydrogen) atoms. The smallest absolute Gasteiger partial charge is 0.410 e. The maximum atomic E-state index is 12.2. The highest BCUT2D eigenvalue weighted by Crippen LogP contribution is 2.25. The van der Waals surface area contributed by atoms with Crippen LogP contribution < -0.4 is 4.74 Å². The molecule has 0 aliphatic carbocycles. The topological polar surface area (TPSA) is 51.7 Å². The quantitative estimate of drug-likeness (QED) is 0.849. The summed E-state index contributed by atoms with van der Waals surface area (Å²) in [7, 11) is 0. The molecule has 0 atom stereocenters. The van der Waals surface area contributed by atoms with Crippen molar-refractivity contribution in [3.63, 3.8) is 0 Å². The molecule has 1 aliphatic rings. The predicted octanol–water partition coefficient (Wildman–Crippen LogP) is 3.95. The zero-order chi connectivity index (χ0) is 17.9. The summed E-state index contributed by atoms with van der Waals surface area (Å²) in [6, 6.07) is 9.94. The van der Waals surface area contributed by atoms with Gasteiger partial charge in [0.15, 0.2) is 0 Å². The van der Waals surface area contributed by atoms with E-state index in [1.807, 2.05) is 45.0 Å². The van der Waals surface area contributed by atoms with Crippen LogP contribution in [0.25, 0.3) is 0 Å². The van der Waals surface area contributed by atoms with Gasteiger partial charge in [-0.25, -0.2) is 4.79 Å². The molecule has 0 bridgehead atoms. The third kappa shape index (κ3) is 4.72. The molecular formula is C20H24N2O3. The standard InChI is InChI=1S/C20H24N2O3/c1-20(2,3)25-19(23)22-10-8-16-11-18(7-6-17(16)13-22)24-14-15-5-4-9-21-12-15/h4-7,9,11-12H,8,10,13-14H2,1-3H3. The van der Waals surface area contributed by atoms with Gasteiger partial charge in [0.25, 0.3) is 0 Å². The fourth-order valence-corrected chi connectivity index (χ4v) is 2.75. The number of amides is 1. The summed E-state index contributed by atoms with van der Waals surface area (Å²) in [5.41, 5.74) is 2.94.